The van der Waals surface area contributed by atoms with Crippen LogP contribution >= 0.6 is 0 Å². The van der Waals surface area contributed by atoms with Crippen LogP contribution in [0.25, 0.3) is 0 Å². The summed E-state index contributed by atoms with van der Waals surface area (Å²) in [4.78, 5) is 0. The largest absolute Gasteiger partial charge is 0.460 e. The maximum atomic E-state index is 13.5. The molecule has 0 aliphatic heterocycles. The van der Waals surface area contributed by atoms with Gasteiger partial charge in [-0.15, -0.1) is 0 Å². The molecule has 5 nitrogen and oxygen atoms in total. The zero-order valence-corrected chi connectivity index (χ0v) is 16.3. The van der Waals surface area contributed by atoms with E-state index in [1.165, 1.54) is 0 Å². The Morgan fingerprint density at radius 2 is 0.588 bits per heavy atom. The number of sulfonamides is 2. The fraction of sp³-hybridized carbons (Fsp3) is 1.00. The van der Waals surface area contributed by atoms with Crippen LogP contribution in [0.2, 0.25) is 0 Å². The Kier molecular flexibility index (Phi) is 7.48. The molecule has 0 saturated heterocycles. The molecule has 0 unspecified atom stereocenters. The molecular formula is C9H3F18NO4S2. The van der Waals surface area contributed by atoms with Crippen molar-refractivity contribution in [2.45, 2.75) is 46.6 Å². The molecule has 0 saturated carbocycles. The summed E-state index contributed by atoms with van der Waals surface area (Å²) in [5, 5.41) is -16.3. The minimum absolute atomic E-state index is 1.46. The van der Waals surface area contributed by atoms with E-state index in [4.69, 9.17) is 0 Å². The summed E-state index contributed by atoms with van der Waals surface area (Å²) in [6.07, 6.45) is -15.5. The molecular weight excluding hydrogens is 592 g/mol. The van der Waals surface area contributed by atoms with E-state index >= 15 is 0 Å². The molecule has 0 amide bonds. The first kappa shape index (κ1) is 32.6. The van der Waals surface area contributed by atoms with Gasteiger partial charge in [0.05, 0.1) is 0 Å². The fourth-order valence-corrected chi connectivity index (χ4v) is 4.64. The van der Waals surface area contributed by atoms with Crippen molar-refractivity contribution in [1.29, 1.82) is 0 Å². The lowest BCUT2D eigenvalue weighted by molar-refractivity contribution is -0.383. The highest BCUT2D eigenvalue weighted by Gasteiger charge is 2.89. The smallest absolute Gasteiger partial charge is 0.205 e. The normalized spacial score (nSPS) is 16.8. The van der Waals surface area contributed by atoms with Gasteiger partial charge < -0.3 is 0 Å². The van der Waals surface area contributed by atoms with E-state index in [0.717, 1.165) is 0 Å². The van der Waals surface area contributed by atoms with Gasteiger partial charge in [-0.3, -0.25) is 0 Å². The van der Waals surface area contributed by atoms with Crippen LogP contribution < -0.4 is 0 Å². The van der Waals surface area contributed by atoms with Crippen LogP contribution in [0.1, 0.15) is 0 Å². The molecule has 0 atom stereocenters. The summed E-state index contributed by atoms with van der Waals surface area (Å²) < 4.78 is 271. The van der Waals surface area contributed by atoms with E-state index in [1.807, 2.05) is 0 Å². The lowest BCUT2D eigenvalue weighted by Crippen LogP contribution is -2.68. The van der Waals surface area contributed by atoms with Crippen molar-refractivity contribution in [1.82, 2.24) is 3.71 Å². The summed E-state index contributed by atoms with van der Waals surface area (Å²) in [6, 6.07) is 0. The van der Waals surface area contributed by atoms with E-state index in [0.29, 0.717) is 0 Å². The lowest BCUT2D eigenvalue weighted by Gasteiger charge is -2.37. The fourth-order valence-electron chi connectivity index (χ4n) is 1.50. The first-order valence-corrected chi connectivity index (χ1v) is 9.67. The molecule has 0 aliphatic rings. The molecule has 0 rings (SSSR count). The quantitative estimate of drug-likeness (QED) is 0.390. The highest BCUT2D eigenvalue weighted by atomic mass is 32.3. The molecule has 0 fully saturated rings. The highest BCUT2D eigenvalue weighted by Crippen LogP contribution is 2.58. The minimum Gasteiger partial charge on any atom is -0.205 e. The molecule has 0 aromatic heterocycles. The molecule has 206 valence electrons. The van der Waals surface area contributed by atoms with Crippen molar-refractivity contribution in [3.8, 4) is 0 Å². The van der Waals surface area contributed by atoms with Gasteiger partial charge >= 0.3 is 46.6 Å². The molecule has 0 radical (unpaired) electrons. The van der Waals surface area contributed by atoms with Gasteiger partial charge in [-0.1, -0.05) is 3.71 Å². The van der Waals surface area contributed by atoms with Gasteiger partial charge in [0.15, 0.2) is 0 Å². The minimum atomic E-state index is -8.68. The lowest BCUT2D eigenvalue weighted by atomic mass is 10.1. The molecule has 0 aromatic rings. The third kappa shape index (κ3) is 3.93. The molecule has 34 heavy (non-hydrogen) atoms. The zero-order valence-electron chi connectivity index (χ0n) is 14.7. The Bertz CT molecular complexity index is 911. The number of hydrogen-bond acceptors (Lipinski definition) is 4. The SMILES string of the molecule is CN(S(=O)(=O)C(F)(F)C(F)(F)C(F)(F)C(F)(F)F)S(=O)(=O)C(F)(F)C(F)(F)C(F)(F)C(F)(F)F. The van der Waals surface area contributed by atoms with Crippen LogP contribution in [-0.2, 0) is 20.0 Å². The molecule has 0 N–H and O–H groups in total. The molecule has 25 heteroatoms. The van der Waals surface area contributed by atoms with E-state index in [9.17, 15) is 95.9 Å². The number of nitrogens with zero attached hydrogens (tertiary/aromatic N) is 1. The molecule has 0 spiro atoms. The summed E-state index contributed by atoms with van der Waals surface area (Å²) >= 11 is 0. The van der Waals surface area contributed by atoms with Gasteiger partial charge in [-0.2, -0.15) is 79.0 Å². The summed E-state index contributed by atoms with van der Waals surface area (Å²) in [7, 11) is -18.8. The highest BCUT2D eigenvalue weighted by molar-refractivity contribution is 8.05. The second kappa shape index (κ2) is 7.80. The second-order valence-electron chi connectivity index (χ2n) is 5.72. The Labute approximate surface area is 174 Å². The first-order valence-electron chi connectivity index (χ1n) is 6.79. The third-order valence-electron chi connectivity index (χ3n) is 3.56. The van der Waals surface area contributed by atoms with Crippen LogP contribution in [-0.4, -0.2) is 74.1 Å². The summed E-state index contributed by atoms with van der Waals surface area (Å²) in [5.74, 6) is -32.9. The standard InChI is InChI=1S/C9H3F18NO4S2/c1-28(33(29,30)8(24,25)4(14,15)2(10,11)6(18,19)20)34(31,32)9(26,27)5(16,17)3(12,13)7(21,22)23/h1H3. The number of rotatable bonds is 8. The van der Waals surface area contributed by atoms with Gasteiger partial charge in [-0.05, 0) is 0 Å². The summed E-state index contributed by atoms with van der Waals surface area (Å²) in [6.45, 7) is 0. The maximum absolute atomic E-state index is 13.5. The number of halogens is 18. The first-order chi connectivity index (χ1) is 14.2. The van der Waals surface area contributed by atoms with Crippen LogP contribution in [0.15, 0.2) is 0 Å². The van der Waals surface area contributed by atoms with E-state index in [-0.39, 0.29) is 0 Å². The van der Waals surface area contributed by atoms with Gasteiger partial charge in [-0.25, -0.2) is 16.8 Å². The molecule has 0 heterocycles. The van der Waals surface area contributed by atoms with Gasteiger partial charge in [0, 0.05) is 7.05 Å². The van der Waals surface area contributed by atoms with Gasteiger partial charge in [0.2, 0.25) is 0 Å². The van der Waals surface area contributed by atoms with Crippen molar-refractivity contribution in [2.75, 3.05) is 7.05 Å². The monoisotopic (exact) mass is 595 g/mol. The van der Waals surface area contributed by atoms with E-state index in [1.54, 1.807) is 0 Å². The molecule has 0 aliphatic carbocycles. The van der Waals surface area contributed by atoms with Crippen molar-refractivity contribution in [3.05, 3.63) is 0 Å². The average molecular weight is 595 g/mol. The third-order valence-corrected chi connectivity index (χ3v) is 7.90. The van der Waals surface area contributed by atoms with Gasteiger partial charge in [0.1, 0.15) is 0 Å². The van der Waals surface area contributed by atoms with Crippen molar-refractivity contribution in [3.63, 3.8) is 0 Å². The zero-order chi connectivity index (χ0) is 28.6. The van der Waals surface area contributed by atoms with E-state index < -0.39 is 77.4 Å². The van der Waals surface area contributed by atoms with Crippen LogP contribution in [0.4, 0.5) is 79.0 Å². The van der Waals surface area contributed by atoms with Crippen molar-refractivity contribution < 1.29 is 95.9 Å². The van der Waals surface area contributed by atoms with Crippen LogP contribution in [0.5, 0.6) is 0 Å². The molecule has 0 bridgehead atoms. The second-order valence-corrected chi connectivity index (χ2v) is 9.97. The topological polar surface area (TPSA) is 71.5 Å². The summed E-state index contributed by atoms with van der Waals surface area (Å²) in [5.41, 5.74) is 0. The molecule has 0 aromatic carbocycles. The van der Waals surface area contributed by atoms with Crippen LogP contribution in [0, 0.1) is 0 Å². The maximum Gasteiger partial charge on any atom is 0.460 e. The number of alkyl halides is 18. The van der Waals surface area contributed by atoms with Crippen molar-refractivity contribution in [2.24, 2.45) is 0 Å². The van der Waals surface area contributed by atoms with E-state index in [2.05, 4.69) is 0 Å². The predicted molar refractivity (Wildman–Crippen MR) is 67.4 cm³/mol. The Morgan fingerprint density at radius 3 is 0.735 bits per heavy atom. The predicted octanol–water partition coefficient (Wildman–Crippen LogP) is 4.43. The average Bonchev–Trinajstić information content (AvgIpc) is 2.57. The van der Waals surface area contributed by atoms with Crippen LogP contribution in [0.3, 0.4) is 0 Å². The number of hydrogen-bond donors (Lipinski definition) is 0. The Balaban J connectivity index is 7.01. The Morgan fingerprint density at radius 1 is 0.412 bits per heavy atom. The Hall–Kier alpha value is -1.40. The van der Waals surface area contributed by atoms with Crippen molar-refractivity contribution >= 4 is 20.0 Å². The van der Waals surface area contributed by atoms with Gasteiger partial charge in [0.25, 0.3) is 20.0 Å².